The van der Waals surface area contributed by atoms with Crippen molar-refractivity contribution in [2.24, 2.45) is 0 Å². The van der Waals surface area contributed by atoms with E-state index in [1.807, 2.05) is 11.0 Å². The quantitative estimate of drug-likeness (QED) is 0.338. The number of fused-ring (bicyclic) bond motifs is 3. The summed E-state index contributed by atoms with van der Waals surface area (Å²) in [6, 6.07) is 7.53. The number of rotatable bonds is 5. The standard InChI is InChI=1S/C25H22F2N8O3S/c1-39(37,38)34-8-6-33(7-9-34)16-2-3-21(29-13-16)31-25-30-14-18(27)24(32-25)15-10-17(26)23-19(11-15)35-5-4-28-22(35)12-20(23)36/h2-5,10-14,36H,6-9H2,1H3,(H,29,30,31,32). The molecule has 1 aliphatic rings. The second-order valence-electron chi connectivity index (χ2n) is 9.10. The zero-order valence-electron chi connectivity index (χ0n) is 20.6. The highest BCUT2D eigenvalue weighted by Gasteiger charge is 2.23. The number of halogens is 2. The first-order valence-electron chi connectivity index (χ1n) is 11.9. The molecule has 0 bridgehead atoms. The molecule has 0 saturated carbocycles. The van der Waals surface area contributed by atoms with Crippen LogP contribution >= 0.6 is 0 Å². The van der Waals surface area contributed by atoms with Gasteiger partial charge in [0.05, 0.1) is 35.2 Å². The normalized spacial score (nSPS) is 14.8. The highest BCUT2D eigenvalue weighted by molar-refractivity contribution is 7.88. The summed E-state index contributed by atoms with van der Waals surface area (Å²) >= 11 is 0. The van der Waals surface area contributed by atoms with E-state index in [2.05, 4.69) is 25.3 Å². The summed E-state index contributed by atoms with van der Waals surface area (Å²) in [5.41, 5.74) is 1.56. The van der Waals surface area contributed by atoms with Crippen LogP contribution in [0.25, 0.3) is 27.8 Å². The van der Waals surface area contributed by atoms with Gasteiger partial charge in [-0.05, 0) is 24.3 Å². The number of hydrogen-bond donors (Lipinski definition) is 2. The third-order valence-corrected chi connectivity index (χ3v) is 7.90. The SMILES string of the molecule is CS(=O)(=O)N1CCN(c2ccc(Nc3ncc(F)c(-c4cc(F)c5c(O)cc6nccn6c5c4)n3)nc2)CC1. The molecule has 0 aliphatic carbocycles. The first-order chi connectivity index (χ1) is 18.7. The zero-order valence-corrected chi connectivity index (χ0v) is 21.4. The fraction of sp³-hybridized carbons (Fsp3) is 0.200. The molecule has 1 aliphatic heterocycles. The monoisotopic (exact) mass is 552 g/mol. The predicted octanol–water partition coefficient (Wildman–Crippen LogP) is 3.15. The van der Waals surface area contributed by atoms with Crippen LogP contribution in [0.15, 0.2) is 55.1 Å². The van der Waals surface area contributed by atoms with Gasteiger partial charge >= 0.3 is 0 Å². The van der Waals surface area contributed by atoms with E-state index in [0.29, 0.717) is 43.2 Å². The van der Waals surface area contributed by atoms with E-state index in [9.17, 15) is 17.9 Å². The number of piperazine rings is 1. The van der Waals surface area contributed by atoms with Gasteiger partial charge in [-0.2, -0.15) is 4.31 Å². The van der Waals surface area contributed by atoms with Crippen molar-refractivity contribution >= 4 is 44.0 Å². The number of anilines is 3. The highest BCUT2D eigenvalue weighted by Crippen LogP contribution is 2.34. The lowest BCUT2D eigenvalue weighted by Gasteiger charge is -2.34. The lowest BCUT2D eigenvalue weighted by atomic mass is 10.1. The fourth-order valence-electron chi connectivity index (χ4n) is 4.66. The molecule has 0 radical (unpaired) electrons. The zero-order chi connectivity index (χ0) is 27.3. The van der Waals surface area contributed by atoms with Crippen LogP contribution in [0.5, 0.6) is 5.75 Å². The molecule has 6 rings (SSSR count). The fourth-order valence-corrected chi connectivity index (χ4v) is 5.49. The highest BCUT2D eigenvalue weighted by atomic mass is 32.2. The topological polar surface area (TPSA) is 129 Å². The van der Waals surface area contributed by atoms with Crippen molar-refractivity contribution in [3.8, 4) is 17.0 Å². The molecule has 200 valence electrons. The summed E-state index contributed by atoms with van der Waals surface area (Å²) in [5.74, 6) is -1.31. The van der Waals surface area contributed by atoms with Gasteiger partial charge in [-0.1, -0.05) is 0 Å². The first-order valence-corrected chi connectivity index (χ1v) is 13.8. The molecule has 0 unspecified atom stereocenters. The van der Waals surface area contributed by atoms with Gasteiger partial charge in [-0.15, -0.1) is 0 Å². The molecule has 1 fully saturated rings. The molecule has 0 atom stereocenters. The Balaban J connectivity index is 1.25. The lowest BCUT2D eigenvalue weighted by Crippen LogP contribution is -2.48. The second kappa shape index (κ2) is 9.39. The van der Waals surface area contributed by atoms with Crippen molar-refractivity contribution < 1.29 is 22.3 Å². The molecule has 5 heterocycles. The van der Waals surface area contributed by atoms with E-state index in [-0.39, 0.29) is 28.3 Å². The van der Waals surface area contributed by atoms with Crippen molar-refractivity contribution in [3.63, 3.8) is 0 Å². The number of nitrogens with one attached hydrogen (secondary N) is 1. The first kappa shape index (κ1) is 24.9. The molecule has 5 aromatic rings. The van der Waals surface area contributed by atoms with Crippen LogP contribution in [-0.4, -0.2) is 74.6 Å². The van der Waals surface area contributed by atoms with E-state index in [1.54, 1.807) is 22.9 Å². The molecule has 2 N–H and O–H groups in total. The van der Waals surface area contributed by atoms with Gasteiger partial charge in [-0.3, -0.25) is 4.40 Å². The molecule has 0 spiro atoms. The minimum atomic E-state index is -3.22. The number of hydrogen-bond acceptors (Lipinski definition) is 9. The van der Waals surface area contributed by atoms with Crippen molar-refractivity contribution in [1.82, 2.24) is 28.6 Å². The van der Waals surface area contributed by atoms with Crippen LogP contribution in [0.1, 0.15) is 0 Å². The van der Waals surface area contributed by atoms with Gasteiger partial charge in [-0.25, -0.2) is 37.1 Å². The van der Waals surface area contributed by atoms with E-state index >= 15 is 4.39 Å². The minimum absolute atomic E-state index is 0.0147. The molecule has 4 aromatic heterocycles. The molecule has 0 amide bonds. The number of aromatic hydroxyl groups is 1. The maximum absolute atomic E-state index is 15.1. The summed E-state index contributed by atoms with van der Waals surface area (Å²) in [6.07, 6.45) is 6.96. The van der Waals surface area contributed by atoms with Crippen molar-refractivity contribution in [2.75, 3.05) is 42.7 Å². The van der Waals surface area contributed by atoms with Gasteiger partial charge in [0, 0.05) is 50.2 Å². The summed E-state index contributed by atoms with van der Waals surface area (Å²) in [5, 5.41) is 13.2. The summed E-state index contributed by atoms with van der Waals surface area (Å²) in [7, 11) is -3.22. The molecule has 11 nitrogen and oxygen atoms in total. The number of nitrogens with zero attached hydrogens (tertiary/aromatic N) is 7. The van der Waals surface area contributed by atoms with Gasteiger partial charge in [0.25, 0.3) is 0 Å². The molecular formula is C25H22F2N8O3S. The van der Waals surface area contributed by atoms with Crippen LogP contribution in [0.2, 0.25) is 0 Å². The number of benzene rings is 1. The lowest BCUT2D eigenvalue weighted by molar-refractivity contribution is 0.388. The van der Waals surface area contributed by atoms with Gasteiger partial charge in [0.15, 0.2) is 5.82 Å². The third kappa shape index (κ3) is 4.68. The van der Waals surface area contributed by atoms with Crippen LogP contribution < -0.4 is 10.2 Å². The molecular weight excluding hydrogens is 530 g/mol. The number of imidazole rings is 1. The van der Waals surface area contributed by atoms with Gasteiger partial charge in [0.1, 0.15) is 28.7 Å². The third-order valence-electron chi connectivity index (χ3n) is 6.60. The van der Waals surface area contributed by atoms with Gasteiger partial charge < -0.3 is 15.3 Å². The average Bonchev–Trinajstić information content (AvgIpc) is 3.38. The Kier molecular flexibility index (Phi) is 5.99. The van der Waals surface area contributed by atoms with Crippen LogP contribution in [0.4, 0.5) is 26.2 Å². The Labute approximate surface area is 221 Å². The molecule has 1 saturated heterocycles. The molecule has 14 heteroatoms. The summed E-state index contributed by atoms with van der Waals surface area (Å²) < 4.78 is 56.4. The van der Waals surface area contributed by atoms with Crippen molar-refractivity contribution in [2.45, 2.75) is 0 Å². The van der Waals surface area contributed by atoms with Crippen LogP contribution in [0.3, 0.4) is 0 Å². The predicted molar refractivity (Wildman–Crippen MR) is 141 cm³/mol. The number of aromatic nitrogens is 5. The van der Waals surface area contributed by atoms with E-state index < -0.39 is 21.7 Å². The minimum Gasteiger partial charge on any atom is -0.507 e. The average molecular weight is 553 g/mol. The van der Waals surface area contributed by atoms with E-state index in [4.69, 9.17) is 0 Å². The van der Waals surface area contributed by atoms with E-state index in [0.717, 1.165) is 18.0 Å². The Morgan fingerprint density at radius 3 is 2.49 bits per heavy atom. The summed E-state index contributed by atoms with van der Waals surface area (Å²) in [6.45, 7) is 1.87. The smallest absolute Gasteiger partial charge is 0.229 e. The maximum atomic E-state index is 15.1. The maximum Gasteiger partial charge on any atom is 0.229 e. The summed E-state index contributed by atoms with van der Waals surface area (Å²) in [4.78, 5) is 18.8. The largest absolute Gasteiger partial charge is 0.507 e. The Bertz CT molecular complexity index is 1820. The Morgan fingerprint density at radius 2 is 1.77 bits per heavy atom. The molecule has 1 aromatic carbocycles. The molecule has 39 heavy (non-hydrogen) atoms. The van der Waals surface area contributed by atoms with Crippen LogP contribution in [0, 0.1) is 11.6 Å². The Hall–Kier alpha value is -4.43. The van der Waals surface area contributed by atoms with Crippen molar-refractivity contribution in [3.05, 3.63) is 66.8 Å². The number of sulfonamides is 1. The number of pyridine rings is 2. The Morgan fingerprint density at radius 1 is 0.974 bits per heavy atom. The second-order valence-corrected chi connectivity index (χ2v) is 11.1. The van der Waals surface area contributed by atoms with Crippen LogP contribution in [-0.2, 0) is 10.0 Å². The van der Waals surface area contributed by atoms with E-state index in [1.165, 1.54) is 28.9 Å². The van der Waals surface area contributed by atoms with Crippen molar-refractivity contribution in [1.29, 1.82) is 0 Å². The van der Waals surface area contributed by atoms with Gasteiger partial charge in [0.2, 0.25) is 16.0 Å².